The molecule has 3 N–H and O–H groups in total. The molecule has 0 bridgehead atoms. The van der Waals surface area contributed by atoms with E-state index in [-0.39, 0.29) is 36.6 Å². The number of carbonyl (C=O) groups excluding carboxylic acids is 1. The number of nitrogens with two attached hydrogens (primary N) is 1. The largest absolute Gasteiger partial charge is 0.352 e. The van der Waals surface area contributed by atoms with E-state index in [9.17, 15) is 4.79 Å². The van der Waals surface area contributed by atoms with E-state index in [1.54, 1.807) is 6.20 Å². The van der Waals surface area contributed by atoms with Crippen LogP contribution in [0.4, 0.5) is 5.82 Å². The molecule has 1 aromatic carbocycles. The maximum Gasteiger partial charge on any atom is 0.230 e. The Morgan fingerprint density at radius 3 is 2.60 bits per heavy atom. The molecule has 1 amide bonds. The quantitative estimate of drug-likeness (QED) is 0.591. The second-order valence-corrected chi connectivity index (χ2v) is 7.20. The molecular weight excluding hydrogens is 449 g/mol. The van der Waals surface area contributed by atoms with Crippen LogP contribution in [0, 0.1) is 0 Å². The van der Waals surface area contributed by atoms with Gasteiger partial charge in [-0.25, -0.2) is 9.97 Å². The Bertz CT molecular complexity index is 975. The van der Waals surface area contributed by atoms with Crippen molar-refractivity contribution >= 4 is 59.2 Å². The number of nitrogens with zero attached hydrogens (tertiary/aromatic N) is 5. The lowest BCUT2D eigenvalue weighted by molar-refractivity contribution is -0.133. The molecule has 2 aromatic heterocycles. The zero-order valence-corrected chi connectivity index (χ0v) is 18.6. The zero-order chi connectivity index (χ0) is 19.5. The highest BCUT2D eigenvalue weighted by molar-refractivity contribution is 6.31. The number of benzene rings is 1. The summed E-state index contributed by atoms with van der Waals surface area (Å²) in [4.78, 5) is 25.9. The molecule has 4 rings (SSSR count). The van der Waals surface area contributed by atoms with Crippen LogP contribution in [0.2, 0.25) is 5.02 Å². The first-order chi connectivity index (χ1) is 13.7. The van der Waals surface area contributed by atoms with Crippen molar-refractivity contribution in [1.82, 2.24) is 25.1 Å². The molecule has 0 radical (unpaired) electrons. The third-order valence-corrected chi connectivity index (χ3v) is 5.50. The molecule has 162 valence electrons. The van der Waals surface area contributed by atoms with Crippen molar-refractivity contribution in [2.75, 3.05) is 37.6 Å². The monoisotopic (exact) mass is 471 g/mol. The average molecular weight is 473 g/mol. The number of halogens is 3. The second kappa shape index (κ2) is 10.8. The summed E-state index contributed by atoms with van der Waals surface area (Å²) in [5, 5.41) is 8.40. The molecule has 30 heavy (non-hydrogen) atoms. The molecular formula is C19H24Cl3N7O. The minimum absolute atomic E-state index is 0. The molecule has 1 aliphatic heterocycles. The lowest BCUT2D eigenvalue weighted by atomic mass is 9.93. The average Bonchev–Trinajstić information content (AvgIpc) is 3.21. The van der Waals surface area contributed by atoms with E-state index in [4.69, 9.17) is 17.3 Å². The van der Waals surface area contributed by atoms with E-state index in [0.717, 1.165) is 16.8 Å². The van der Waals surface area contributed by atoms with Gasteiger partial charge in [-0.2, -0.15) is 5.10 Å². The van der Waals surface area contributed by atoms with Crippen LogP contribution in [-0.4, -0.2) is 63.7 Å². The van der Waals surface area contributed by atoms with Gasteiger partial charge in [-0.05, 0) is 24.6 Å². The third kappa shape index (κ3) is 4.78. The Hall–Kier alpha value is -2.13. The standard InChI is InChI=1S/C19H22ClN7O.2ClH/c20-16-4-2-1-3-13(16)14(5-6-21)19(28)27-9-7-26(8-10-27)18-15-11-24-25-17(15)22-12-23-18;;/h1-4,11-12,14H,5-10,21H2,(H,22,23,24,25);2*1H. The van der Waals surface area contributed by atoms with Crippen LogP contribution < -0.4 is 10.6 Å². The van der Waals surface area contributed by atoms with Crippen LogP contribution in [-0.2, 0) is 4.79 Å². The van der Waals surface area contributed by atoms with Crippen LogP contribution in [0.3, 0.4) is 0 Å². The zero-order valence-electron chi connectivity index (χ0n) is 16.2. The Labute approximate surface area is 192 Å². The summed E-state index contributed by atoms with van der Waals surface area (Å²) in [6.45, 7) is 3.06. The Morgan fingerprint density at radius 2 is 1.90 bits per heavy atom. The van der Waals surface area contributed by atoms with Crippen LogP contribution in [0.15, 0.2) is 36.8 Å². The molecule has 0 saturated carbocycles. The first-order valence-corrected chi connectivity index (χ1v) is 9.69. The lowest BCUT2D eigenvalue weighted by Crippen LogP contribution is -2.50. The minimum atomic E-state index is -0.315. The van der Waals surface area contributed by atoms with Gasteiger partial charge in [-0.3, -0.25) is 9.89 Å². The van der Waals surface area contributed by atoms with E-state index >= 15 is 0 Å². The molecule has 1 aliphatic rings. The van der Waals surface area contributed by atoms with Gasteiger partial charge >= 0.3 is 0 Å². The van der Waals surface area contributed by atoms with Gasteiger partial charge in [-0.1, -0.05) is 29.8 Å². The van der Waals surface area contributed by atoms with Gasteiger partial charge in [0.15, 0.2) is 5.65 Å². The molecule has 1 unspecified atom stereocenters. The van der Waals surface area contributed by atoms with Crippen LogP contribution in [0.5, 0.6) is 0 Å². The number of aromatic nitrogens is 4. The van der Waals surface area contributed by atoms with Gasteiger partial charge in [0.1, 0.15) is 12.1 Å². The number of hydrogen-bond acceptors (Lipinski definition) is 6. The van der Waals surface area contributed by atoms with Crippen molar-refractivity contribution in [3.05, 3.63) is 47.4 Å². The molecule has 8 nitrogen and oxygen atoms in total. The second-order valence-electron chi connectivity index (χ2n) is 6.79. The van der Waals surface area contributed by atoms with Gasteiger partial charge in [0.2, 0.25) is 5.91 Å². The van der Waals surface area contributed by atoms with Gasteiger partial charge in [0.05, 0.1) is 17.5 Å². The number of aromatic amines is 1. The fraction of sp³-hybridized carbons (Fsp3) is 0.368. The highest BCUT2D eigenvalue weighted by Gasteiger charge is 2.30. The summed E-state index contributed by atoms with van der Waals surface area (Å²) < 4.78 is 0. The fourth-order valence-corrected chi connectivity index (χ4v) is 3.97. The number of nitrogens with one attached hydrogen (secondary N) is 1. The topological polar surface area (TPSA) is 104 Å². The van der Waals surface area contributed by atoms with Gasteiger partial charge in [0, 0.05) is 31.2 Å². The van der Waals surface area contributed by atoms with Gasteiger partial charge in [0.25, 0.3) is 0 Å². The molecule has 0 aliphatic carbocycles. The summed E-state index contributed by atoms with van der Waals surface area (Å²) in [6, 6.07) is 7.50. The molecule has 3 heterocycles. The van der Waals surface area contributed by atoms with E-state index < -0.39 is 0 Å². The molecule has 1 fully saturated rings. The van der Waals surface area contributed by atoms with E-state index in [1.807, 2.05) is 29.2 Å². The molecule has 1 saturated heterocycles. The normalized spacial score (nSPS) is 14.7. The summed E-state index contributed by atoms with van der Waals surface area (Å²) in [7, 11) is 0. The summed E-state index contributed by atoms with van der Waals surface area (Å²) in [6.07, 6.45) is 3.84. The predicted molar refractivity (Wildman–Crippen MR) is 123 cm³/mol. The lowest BCUT2D eigenvalue weighted by Gasteiger charge is -2.37. The van der Waals surface area contributed by atoms with Crippen molar-refractivity contribution in [2.24, 2.45) is 5.73 Å². The number of carbonyl (C=O) groups is 1. The number of piperazine rings is 1. The SMILES string of the molecule is Cl.Cl.NCCC(C(=O)N1CCN(c2ncnc3[nH]ncc23)CC1)c1ccccc1Cl. The van der Waals surface area contributed by atoms with Crippen molar-refractivity contribution in [1.29, 1.82) is 0 Å². The number of rotatable bonds is 5. The van der Waals surface area contributed by atoms with Crippen LogP contribution >= 0.6 is 36.4 Å². The van der Waals surface area contributed by atoms with Crippen molar-refractivity contribution < 1.29 is 4.79 Å². The van der Waals surface area contributed by atoms with Gasteiger partial charge < -0.3 is 15.5 Å². The van der Waals surface area contributed by atoms with E-state index in [2.05, 4.69) is 25.1 Å². The number of hydrogen-bond donors (Lipinski definition) is 2. The van der Waals surface area contributed by atoms with E-state index in [0.29, 0.717) is 49.8 Å². The van der Waals surface area contributed by atoms with Crippen LogP contribution in [0.1, 0.15) is 17.9 Å². The fourth-order valence-electron chi connectivity index (χ4n) is 3.70. The van der Waals surface area contributed by atoms with Crippen molar-refractivity contribution in [3.63, 3.8) is 0 Å². The Balaban J connectivity index is 0.00000160. The molecule has 3 aromatic rings. The highest BCUT2D eigenvalue weighted by atomic mass is 35.5. The molecule has 0 spiro atoms. The summed E-state index contributed by atoms with van der Waals surface area (Å²) in [5.41, 5.74) is 7.34. The molecule has 11 heteroatoms. The third-order valence-electron chi connectivity index (χ3n) is 5.15. The number of amides is 1. The minimum Gasteiger partial charge on any atom is -0.352 e. The van der Waals surface area contributed by atoms with Crippen molar-refractivity contribution in [2.45, 2.75) is 12.3 Å². The number of anilines is 1. The van der Waals surface area contributed by atoms with E-state index in [1.165, 1.54) is 6.33 Å². The highest BCUT2D eigenvalue weighted by Crippen LogP contribution is 2.29. The Morgan fingerprint density at radius 1 is 1.17 bits per heavy atom. The van der Waals surface area contributed by atoms with Crippen molar-refractivity contribution in [3.8, 4) is 0 Å². The Kier molecular flexibility index (Phi) is 8.66. The molecule has 1 atom stereocenters. The number of fused-ring (bicyclic) bond motifs is 1. The number of H-pyrrole nitrogens is 1. The first-order valence-electron chi connectivity index (χ1n) is 9.31. The predicted octanol–water partition coefficient (Wildman–Crippen LogP) is 2.63. The first kappa shape index (κ1) is 24.1. The smallest absolute Gasteiger partial charge is 0.230 e. The van der Waals surface area contributed by atoms with Gasteiger partial charge in [-0.15, -0.1) is 24.8 Å². The summed E-state index contributed by atoms with van der Waals surface area (Å²) >= 11 is 6.34. The summed E-state index contributed by atoms with van der Waals surface area (Å²) in [5.74, 6) is 0.606. The maximum absolute atomic E-state index is 13.2. The van der Waals surface area contributed by atoms with Crippen LogP contribution in [0.25, 0.3) is 11.0 Å². The maximum atomic E-state index is 13.2.